The van der Waals surface area contributed by atoms with Crippen molar-refractivity contribution in [2.75, 3.05) is 19.8 Å². The molecule has 0 heterocycles. The summed E-state index contributed by atoms with van der Waals surface area (Å²) in [6.45, 7) is 7.95. The van der Waals surface area contributed by atoms with Gasteiger partial charge in [-0.1, -0.05) is 6.42 Å². The van der Waals surface area contributed by atoms with Gasteiger partial charge in [0.1, 0.15) is 5.60 Å². The van der Waals surface area contributed by atoms with Crippen molar-refractivity contribution in [3.05, 3.63) is 34.1 Å². The number of phenolic OH excluding ortho intramolecular Hbond substituents is 1. The maximum absolute atomic E-state index is 11.1. The lowest BCUT2D eigenvalue weighted by Crippen LogP contribution is -2.59. The Balaban J connectivity index is 1.81. The van der Waals surface area contributed by atoms with Crippen LogP contribution >= 0.6 is 0 Å². The van der Waals surface area contributed by atoms with Crippen molar-refractivity contribution < 1.29 is 19.3 Å². The van der Waals surface area contributed by atoms with Gasteiger partial charge in [-0.15, -0.1) is 0 Å². The zero-order valence-electron chi connectivity index (χ0n) is 16.7. The van der Waals surface area contributed by atoms with Crippen molar-refractivity contribution in [2.45, 2.75) is 70.3 Å². The van der Waals surface area contributed by atoms with E-state index in [0.717, 1.165) is 49.0 Å². The molecule has 4 heteroatoms. The molecule has 0 bridgehead atoms. The quantitative estimate of drug-likeness (QED) is 0.801. The number of fused-ring (bicyclic) bond motifs is 4. The van der Waals surface area contributed by atoms with E-state index in [4.69, 9.17) is 14.2 Å². The molecule has 1 N–H and O–H groups in total. The van der Waals surface area contributed by atoms with Gasteiger partial charge in [-0.3, -0.25) is 0 Å². The molecule has 3 atom stereocenters. The number of rotatable bonds is 6. The Morgan fingerprint density at radius 3 is 2.52 bits per heavy atom. The number of allylic oxidation sites excluding steroid dienone is 1. The molecule has 0 unspecified atom stereocenters. The van der Waals surface area contributed by atoms with Gasteiger partial charge in [0.25, 0.3) is 0 Å². The molecule has 4 aliphatic carbocycles. The minimum atomic E-state index is -0.512. The van der Waals surface area contributed by atoms with Crippen molar-refractivity contribution in [3.8, 4) is 11.5 Å². The van der Waals surface area contributed by atoms with E-state index < -0.39 is 5.60 Å². The van der Waals surface area contributed by atoms with E-state index in [1.54, 1.807) is 0 Å². The molecule has 1 spiro atoms. The summed E-state index contributed by atoms with van der Waals surface area (Å²) in [4.78, 5) is 0. The van der Waals surface area contributed by atoms with Crippen LogP contribution in [0.3, 0.4) is 0 Å². The van der Waals surface area contributed by atoms with Gasteiger partial charge < -0.3 is 19.3 Å². The van der Waals surface area contributed by atoms with Gasteiger partial charge in [-0.2, -0.15) is 0 Å². The van der Waals surface area contributed by atoms with Gasteiger partial charge in [0, 0.05) is 29.1 Å². The van der Waals surface area contributed by atoms with Crippen LogP contribution in [0.5, 0.6) is 11.5 Å². The second-order valence-electron chi connectivity index (χ2n) is 8.24. The molecule has 4 aliphatic rings. The fraction of sp³-hybridized carbons (Fsp3) is 0.652. The molecule has 0 radical (unpaired) electrons. The van der Waals surface area contributed by atoms with E-state index in [1.165, 1.54) is 17.5 Å². The Morgan fingerprint density at radius 1 is 1.00 bits per heavy atom. The summed E-state index contributed by atoms with van der Waals surface area (Å²) in [5.41, 5.74) is 4.47. The summed E-state index contributed by atoms with van der Waals surface area (Å²) in [5, 5.41) is 11.1. The molecule has 0 aromatic heterocycles. The van der Waals surface area contributed by atoms with E-state index in [1.807, 2.05) is 6.92 Å². The van der Waals surface area contributed by atoms with Crippen molar-refractivity contribution in [1.82, 2.24) is 0 Å². The van der Waals surface area contributed by atoms with Gasteiger partial charge in [0.15, 0.2) is 11.5 Å². The zero-order chi connectivity index (χ0) is 18.8. The minimum absolute atomic E-state index is 0.0309. The number of ether oxygens (including phenoxy) is 3. The fourth-order valence-electron chi connectivity index (χ4n) is 6.69. The predicted octanol–water partition coefficient (Wildman–Crippen LogP) is 4.50. The van der Waals surface area contributed by atoms with Crippen LogP contribution in [0.4, 0.5) is 0 Å². The van der Waals surface area contributed by atoms with Crippen LogP contribution in [0.25, 0.3) is 0 Å². The van der Waals surface area contributed by atoms with E-state index in [9.17, 15) is 5.11 Å². The SMILES string of the molecule is CCOC1=C[C@@]2(OCC)c3c(OCC)c(O)c4c(c3[C@]23CCC[C@H]13)CCC4. The maximum Gasteiger partial charge on any atom is 0.167 e. The molecule has 4 nitrogen and oxygen atoms in total. The Labute approximate surface area is 161 Å². The monoisotopic (exact) mass is 370 g/mol. The largest absolute Gasteiger partial charge is 0.504 e. The van der Waals surface area contributed by atoms with E-state index >= 15 is 0 Å². The van der Waals surface area contributed by atoms with Gasteiger partial charge in [0.05, 0.1) is 19.0 Å². The van der Waals surface area contributed by atoms with E-state index in [2.05, 4.69) is 19.9 Å². The summed E-state index contributed by atoms with van der Waals surface area (Å²) in [7, 11) is 0. The number of phenols is 1. The lowest BCUT2D eigenvalue weighted by Gasteiger charge is -2.57. The molecule has 1 aromatic rings. The molecule has 5 rings (SSSR count). The Morgan fingerprint density at radius 2 is 1.78 bits per heavy atom. The average molecular weight is 370 g/mol. The first kappa shape index (κ1) is 17.4. The average Bonchev–Trinajstić information content (AvgIpc) is 3.34. The van der Waals surface area contributed by atoms with Crippen LogP contribution in [0.15, 0.2) is 11.8 Å². The molecule has 27 heavy (non-hydrogen) atoms. The minimum Gasteiger partial charge on any atom is -0.504 e. The lowest BCUT2D eigenvalue weighted by molar-refractivity contribution is -0.0964. The van der Waals surface area contributed by atoms with Crippen LogP contribution in [-0.2, 0) is 33.3 Å². The van der Waals surface area contributed by atoms with Gasteiger partial charge >= 0.3 is 0 Å². The van der Waals surface area contributed by atoms with E-state index in [0.29, 0.717) is 37.2 Å². The first-order valence-corrected chi connectivity index (χ1v) is 10.7. The number of benzene rings is 1. The number of hydrogen-bond donors (Lipinski definition) is 1. The third-order valence-electron chi connectivity index (χ3n) is 7.30. The van der Waals surface area contributed by atoms with E-state index in [-0.39, 0.29) is 5.41 Å². The second-order valence-corrected chi connectivity index (χ2v) is 8.24. The predicted molar refractivity (Wildman–Crippen MR) is 103 cm³/mol. The molecule has 1 saturated carbocycles. The Kier molecular flexibility index (Phi) is 3.81. The standard InChI is InChI=1S/C23H30O4/c1-4-25-17-13-23(27-6-3)19-18(22(23)12-8-11-16(17)22)14-9-7-10-15(14)20(24)21(19)26-5-2/h13,16,24H,4-12H2,1-3H3/t16-,22-,23-/m1/s1. The van der Waals surface area contributed by atoms with Gasteiger partial charge in [-0.25, -0.2) is 0 Å². The summed E-state index contributed by atoms with van der Waals surface area (Å²) in [5.74, 6) is 2.49. The maximum atomic E-state index is 11.1. The van der Waals surface area contributed by atoms with Crippen LogP contribution in [0.1, 0.15) is 68.7 Å². The Hall–Kier alpha value is -1.68. The molecular formula is C23H30O4. The smallest absolute Gasteiger partial charge is 0.167 e. The van der Waals surface area contributed by atoms with Crippen LogP contribution in [0.2, 0.25) is 0 Å². The Bertz CT molecular complexity index is 826. The summed E-state index contributed by atoms with van der Waals surface area (Å²) in [6, 6.07) is 0. The number of aromatic hydroxyl groups is 1. The molecule has 1 fully saturated rings. The summed E-state index contributed by atoms with van der Waals surface area (Å²) < 4.78 is 18.7. The molecule has 0 amide bonds. The highest BCUT2D eigenvalue weighted by Crippen LogP contribution is 2.76. The van der Waals surface area contributed by atoms with Crippen molar-refractivity contribution in [1.29, 1.82) is 0 Å². The highest BCUT2D eigenvalue weighted by molar-refractivity contribution is 5.75. The second kappa shape index (κ2) is 5.91. The molecular weight excluding hydrogens is 340 g/mol. The highest BCUT2D eigenvalue weighted by atomic mass is 16.5. The molecule has 146 valence electrons. The first-order chi connectivity index (χ1) is 13.2. The van der Waals surface area contributed by atoms with Gasteiger partial charge in [-0.05, 0) is 70.1 Å². The fourth-order valence-corrected chi connectivity index (χ4v) is 6.69. The topological polar surface area (TPSA) is 47.9 Å². The summed E-state index contributed by atoms with van der Waals surface area (Å²) >= 11 is 0. The zero-order valence-corrected chi connectivity index (χ0v) is 16.7. The van der Waals surface area contributed by atoms with Crippen LogP contribution < -0.4 is 4.74 Å². The third-order valence-corrected chi connectivity index (χ3v) is 7.30. The highest BCUT2D eigenvalue weighted by Gasteiger charge is 2.74. The van der Waals surface area contributed by atoms with Crippen LogP contribution in [-0.4, -0.2) is 24.9 Å². The normalized spacial score (nSPS) is 32.3. The lowest BCUT2D eigenvalue weighted by atomic mass is 9.50. The van der Waals surface area contributed by atoms with Crippen molar-refractivity contribution >= 4 is 0 Å². The third kappa shape index (κ3) is 1.83. The van der Waals surface area contributed by atoms with Crippen LogP contribution in [0, 0.1) is 5.92 Å². The molecule has 0 aliphatic heterocycles. The van der Waals surface area contributed by atoms with Crippen molar-refractivity contribution in [3.63, 3.8) is 0 Å². The summed E-state index contributed by atoms with van der Waals surface area (Å²) in [6.07, 6.45) is 8.82. The molecule has 1 aromatic carbocycles. The molecule has 0 saturated heterocycles. The first-order valence-electron chi connectivity index (χ1n) is 10.7. The van der Waals surface area contributed by atoms with Crippen molar-refractivity contribution in [2.24, 2.45) is 5.92 Å². The number of hydrogen-bond acceptors (Lipinski definition) is 4. The van der Waals surface area contributed by atoms with Gasteiger partial charge in [0.2, 0.25) is 0 Å².